The van der Waals surface area contributed by atoms with Gasteiger partial charge in [-0.1, -0.05) is 13.8 Å². The SMILES string of the molecule is CNc1nc(NCCCOCC(C)C)nc(N(C)C)n1. The Labute approximate surface area is 121 Å². The Morgan fingerprint density at radius 2 is 1.85 bits per heavy atom. The van der Waals surface area contributed by atoms with Crippen LogP contribution in [0.3, 0.4) is 0 Å². The minimum Gasteiger partial charge on any atom is -0.381 e. The van der Waals surface area contributed by atoms with Crippen LogP contribution < -0.4 is 15.5 Å². The van der Waals surface area contributed by atoms with Gasteiger partial charge in [0.05, 0.1) is 0 Å². The number of anilines is 3. The second kappa shape index (κ2) is 8.52. The minimum absolute atomic E-state index is 0.558. The predicted molar refractivity (Wildman–Crippen MR) is 82.5 cm³/mol. The third-order valence-corrected chi connectivity index (χ3v) is 2.45. The number of hydrogen-bond donors (Lipinski definition) is 2. The van der Waals surface area contributed by atoms with Crippen LogP contribution in [0.4, 0.5) is 17.8 Å². The van der Waals surface area contributed by atoms with E-state index in [1.54, 1.807) is 7.05 Å². The fraction of sp³-hybridized carbons (Fsp3) is 0.769. The van der Waals surface area contributed by atoms with Crippen molar-refractivity contribution in [3.05, 3.63) is 0 Å². The summed E-state index contributed by atoms with van der Waals surface area (Å²) < 4.78 is 5.53. The van der Waals surface area contributed by atoms with E-state index >= 15 is 0 Å². The summed E-state index contributed by atoms with van der Waals surface area (Å²) in [7, 11) is 5.59. The molecule has 0 fully saturated rings. The maximum atomic E-state index is 5.53. The largest absolute Gasteiger partial charge is 0.381 e. The standard InChI is InChI=1S/C13H26N6O/c1-10(2)9-20-8-6-7-15-12-16-11(14-3)17-13(18-12)19(4)5/h10H,6-9H2,1-5H3,(H2,14,15,16,17,18). The van der Waals surface area contributed by atoms with E-state index < -0.39 is 0 Å². The van der Waals surface area contributed by atoms with E-state index in [2.05, 4.69) is 39.4 Å². The van der Waals surface area contributed by atoms with Crippen LogP contribution in [0.1, 0.15) is 20.3 Å². The van der Waals surface area contributed by atoms with E-state index in [0.29, 0.717) is 23.8 Å². The zero-order valence-electron chi connectivity index (χ0n) is 13.1. The Bertz CT molecular complexity index is 396. The topological polar surface area (TPSA) is 75.2 Å². The lowest BCUT2D eigenvalue weighted by molar-refractivity contribution is 0.110. The molecule has 0 radical (unpaired) electrons. The van der Waals surface area contributed by atoms with Crippen LogP contribution in [0, 0.1) is 5.92 Å². The molecule has 1 aromatic heterocycles. The van der Waals surface area contributed by atoms with Crippen LogP contribution in [0.5, 0.6) is 0 Å². The number of nitrogens with one attached hydrogen (secondary N) is 2. The molecule has 1 rings (SSSR count). The average Bonchev–Trinajstić information content (AvgIpc) is 2.41. The second-order valence-electron chi connectivity index (χ2n) is 5.18. The molecule has 0 spiro atoms. The summed E-state index contributed by atoms with van der Waals surface area (Å²) >= 11 is 0. The molecule has 0 saturated heterocycles. The Balaban J connectivity index is 2.41. The van der Waals surface area contributed by atoms with Gasteiger partial charge in [-0.2, -0.15) is 15.0 Å². The van der Waals surface area contributed by atoms with Crippen LogP contribution in [-0.2, 0) is 4.74 Å². The van der Waals surface area contributed by atoms with Gasteiger partial charge in [0.25, 0.3) is 0 Å². The summed E-state index contributed by atoms with van der Waals surface area (Å²) in [5.74, 6) is 2.34. The maximum absolute atomic E-state index is 5.53. The van der Waals surface area contributed by atoms with Crippen LogP contribution >= 0.6 is 0 Å². The number of hydrogen-bond acceptors (Lipinski definition) is 7. The van der Waals surface area contributed by atoms with Crippen molar-refractivity contribution in [2.75, 3.05) is 56.4 Å². The zero-order chi connectivity index (χ0) is 15.0. The van der Waals surface area contributed by atoms with Crippen LogP contribution in [0.25, 0.3) is 0 Å². The third-order valence-electron chi connectivity index (χ3n) is 2.45. The first-order valence-electron chi connectivity index (χ1n) is 6.95. The highest BCUT2D eigenvalue weighted by Gasteiger charge is 2.06. The average molecular weight is 282 g/mol. The lowest BCUT2D eigenvalue weighted by Crippen LogP contribution is -2.17. The molecule has 1 heterocycles. The molecule has 114 valence electrons. The highest BCUT2D eigenvalue weighted by molar-refractivity contribution is 5.42. The molecule has 0 aliphatic heterocycles. The smallest absolute Gasteiger partial charge is 0.231 e. The molecule has 0 saturated carbocycles. The van der Waals surface area contributed by atoms with Crippen LogP contribution in [-0.4, -0.2) is 55.9 Å². The van der Waals surface area contributed by atoms with Crippen molar-refractivity contribution in [3.8, 4) is 0 Å². The Morgan fingerprint density at radius 1 is 1.15 bits per heavy atom. The van der Waals surface area contributed by atoms with E-state index in [0.717, 1.165) is 26.2 Å². The van der Waals surface area contributed by atoms with Crippen molar-refractivity contribution >= 4 is 17.8 Å². The molecule has 20 heavy (non-hydrogen) atoms. The van der Waals surface area contributed by atoms with Crippen molar-refractivity contribution in [1.82, 2.24) is 15.0 Å². The zero-order valence-corrected chi connectivity index (χ0v) is 13.1. The van der Waals surface area contributed by atoms with Gasteiger partial charge < -0.3 is 20.3 Å². The number of aromatic nitrogens is 3. The Kier molecular flexibility index (Phi) is 7.00. The summed E-state index contributed by atoms with van der Waals surface area (Å²) in [6.07, 6.45) is 0.921. The maximum Gasteiger partial charge on any atom is 0.231 e. The first kappa shape index (κ1) is 16.4. The summed E-state index contributed by atoms with van der Waals surface area (Å²) in [6.45, 7) is 6.62. The summed E-state index contributed by atoms with van der Waals surface area (Å²) in [6, 6.07) is 0. The monoisotopic (exact) mass is 282 g/mol. The minimum atomic E-state index is 0.558. The van der Waals surface area contributed by atoms with Gasteiger partial charge in [0, 0.05) is 40.9 Å². The molecule has 0 aliphatic carbocycles. The number of rotatable bonds is 9. The summed E-state index contributed by atoms with van der Waals surface area (Å²) in [4.78, 5) is 14.7. The lowest BCUT2D eigenvalue weighted by atomic mass is 10.2. The summed E-state index contributed by atoms with van der Waals surface area (Å²) in [5, 5.41) is 6.13. The van der Waals surface area contributed by atoms with Gasteiger partial charge in [-0.05, 0) is 12.3 Å². The Morgan fingerprint density at radius 3 is 2.45 bits per heavy atom. The first-order chi connectivity index (χ1) is 9.52. The van der Waals surface area contributed by atoms with Crippen LogP contribution in [0.15, 0.2) is 0 Å². The molecule has 7 nitrogen and oxygen atoms in total. The third kappa shape index (κ3) is 6.01. The van der Waals surface area contributed by atoms with Gasteiger partial charge in [-0.3, -0.25) is 0 Å². The molecule has 7 heteroatoms. The molecule has 1 aromatic rings. The van der Waals surface area contributed by atoms with Gasteiger partial charge >= 0.3 is 0 Å². The van der Waals surface area contributed by atoms with Gasteiger partial charge in [-0.25, -0.2) is 0 Å². The van der Waals surface area contributed by atoms with Gasteiger partial charge in [0.2, 0.25) is 17.8 Å². The van der Waals surface area contributed by atoms with Gasteiger partial charge in [0.15, 0.2) is 0 Å². The molecule has 0 unspecified atom stereocenters. The van der Waals surface area contributed by atoms with Crippen molar-refractivity contribution in [2.45, 2.75) is 20.3 Å². The molecule has 0 aromatic carbocycles. The molecule has 0 amide bonds. The predicted octanol–water partition coefficient (Wildman–Crippen LogP) is 1.45. The van der Waals surface area contributed by atoms with E-state index in [1.165, 1.54) is 0 Å². The summed E-state index contributed by atoms with van der Waals surface area (Å²) in [5.41, 5.74) is 0. The van der Waals surface area contributed by atoms with Crippen LogP contribution in [0.2, 0.25) is 0 Å². The molecule has 0 bridgehead atoms. The molecule has 2 N–H and O–H groups in total. The lowest BCUT2D eigenvalue weighted by Gasteiger charge is -2.13. The fourth-order valence-electron chi connectivity index (χ4n) is 1.45. The molecule has 0 aliphatic rings. The number of ether oxygens (including phenoxy) is 1. The normalized spacial score (nSPS) is 10.7. The molecular weight excluding hydrogens is 256 g/mol. The fourth-order valence-corrected chi connectivity index (χ4v) is 1.45. The van der Waals surface area contributed by atoms with Crippen molar-refractivity contribution < 1.29 is 4.74 Å². The first-order valence-corrected chi connectivity index (χ1v) is 6.95. The highest BCUT2D eigenvalue weighted by Crippen LogP contribution is 2.10. The number of nitrogens with zero attached hydrogens (tertiary/aromatic N) is 4. The highest BCUT2D eigenvalue weighted by atomic mass is 16.5. The van der Waals surface area contributed by atoms with Crippen molar-refractivity contribution in [1.29, 1.82) is 0 Å². The quantitative estimate of drug-likeness (QED) is 0.664. The van der Waals surface area contributed by atoms with E-state index in [-0.39, 0.29) is 0 Å². The van der Waals surface area contributed by atoms with Gasteiger partial charge in [0.1, 0.15) is 0 Å². The van der Waals surface area contributed by atoms with E-state index in [9.17, 15) is 0 Å². The van der Waals surface area contributed by atoms with E-state index in [4.69, 9.17) is 4.74 Å². The van der Waals surface area contributed by atoms with Gasteiger partial charge in [-0.15, -0.1) is 0 Å². The molecule has 0 atom stereocenters. The second-order valence-corrected chi connectivity index (χ2v) is 5.18. The molecular formula is C13H26N6O. The van der Waals surface area contributed by atoms with Crippen molar-refractivity contribution in [3.63, 3.8) is 0 Å². The Hall–Kier alpha value is -1.63. The van der Waals surface area contributed by atoms with Crippen molar-refractivity contribution in [2.24, 2.45) is 5.92 Å². The van der Waals surface area contributed by atoms with E-state index in [1.807, 2.05) is 19.0 Å².